The Morgan fingerprint density at radius 1 is 1.12 bits per heavy atom. The van der Waals surface area contributed by atoms with Crippen LogP contribution >= 0.6 is 0 Å². The van der Waals surface area contributed by atoms with Crippen molar-refractivity contribution in [1.29, 1.82) is 0 Å². The molecule has 3 rings (SSSR count). The number of hydrogen-bond acceptors (Lipinski definition) is 6. The number of likely N-dealkylation sites (N-methyl/N-ethyl adjacent to an activating group) is 1. The van der Waals surface area contributed by atoms with Gasteiger partial charge >= 0.3 is 0 Å². The molecule has 7 heteroatoms. The molecule has 7 nitrogen and oxygen atoms in total. The quantitative estimate of drug-likeness (QED) is 0.269. The summed E-state index contributed by atoms with van der Waals surface area (Å²) in [5, 5.41) is 21.2. The van der Waals surface area contributed by atoms with Crippen LogP contribution in [0.5, 0.6) is 11.5 Å². The van der Waals surface area contributed by atoms with E-state index < -0.39 is 17.7 Å². The third-order valence-corrected chi connectivity index (χ3v) is 5.39. The van der Waals surface area contributed by atoms with Gasteiger partial charge in [-0.2, -0.15) is 0 Å². The highest BCUT2D eigenvalue weighted by molar-refractivity contribution is 6.46. The zero-order valence-corrected chi connectivity index (χ0v) is 18.7. The van der Waals surface area contributed by atoms with Crippen LogP contribution in [0, 0.1) is 0 Å². The minimum absolute atomic E-state index is 0.00469. The van der Waals surface area contributed by atoms with Gasteiger partial charge in [0.2, 0.25) is 0 Å². The number of carbonyl (C=O) groups excluding carboxylic acids is 2. The minimum Gasteiger partial charge on any atom is -0.508 e. The first-order valence-electron chi connectivity index (χ1n) is 10.8. The van der Waals surface area contributed by atoms with Crippen molar-refractivity contribution in [2.45, 2.75) is 25.8 Å². The smallest absolute Gasteiger partial charge is 0.295 e. The molecule has 0 radical (unpaired) electrons. The normalized spacial score (nSPS) is 17.9. The van der Waals surface area contributed by atoms with E-state index in [0.717, 1.165) is 12.8 Å². The molecule has 0 bridgehead atoms. The maximum absolute atomic E-state index is 13.0. The third-order valence-electron chi connectivity index (χ3n) is 5.39. The van der Waals surface area contributed by atoms with Crippen LogP contribution in [0.2, 0.25) is 0 Å². The van der Waals surface area contributed by atoms with Gasteiger partial charge in [0.15, 0.2) is 0 Å². The van der Waals surface area contributed by atoms with Gasteiger partial charge in [0.05, 0.1) is 18.2 Å². The van der Waals surface area contributed by atoms with E-state index in [0.29, 0.717) is 36.6 Å². The standard InChI is InChI=1S/C25H30N2O5/c1-4-5-14-32-20-11-7-9-18(16-20)23(29)21-22(17-8-6-10-19(28)15-17)27(13-12-26(2)3)25(31)24(21)30/h6-11,15-16,22,28-29H,4-5,12-14H2,1-3H3. The van der Waals surface area contributed by atoms with E-state index >= 15 is 0 Å². The zero-order chi connectivity index (χ0) is 23.3. The molecule has 2 aromatic carbocycles. The van der Waals surface area contributed by atoms with Crippen molar-refractivity contribution in [2.75, 3.05) is 33.8 Å². The van der Waals surface area contributed by atoms with Gasteiger partial charge in [-0.15, -0.1) is 0 Å². The van der Waals surface area contributed by atoms with Gasteiger partial charge in [0.1, 0.15) is 17.3 Å². The predicted molar refractivity (Wildman–Crippen MR) is 123 cm³/mol. The molecule has 1 amide bonds. The van der Waals surface area contributed by atoms with Crippen molar-refractivity contribution >= 4 is 17.4 Å². The minimum atomic E-state index is -0.799. The average molecular weight is 439 g/mol. The molecule has 1 atom stereocenters. The van der Waals surface area contributed by atoms with Gasteiger partial charge in [0, 0.05) is 18.7 Å². The molecule has 1 heterocycles. The van der Waals surface area contributed by atoms with Crippen molar-refractivity contribution in [2.24, 2.45) is 0 Å². The fourth-order valence-corrected chi connectivity index (χ4v) is 3.68. The molecular weight excluding hydrogens is 408 g/mol. The lowest BCUT2D eigenvalue weighted by Gasteiger charge is -2.26. The van der Waals surface area contributed by atoms with Crippen LogP contribution in [-0.4, -0.2) is 65.5 Å². The molecule has 170 valence electrons. The average Bonchev–Trinajstić information content (AvgIpc) is 3.02. The lowest BCUT2D eigenvalue weighted by atomic mass is 9.95. The first-order chi connectivity index (χ1) is 15.3. The van der Waals surface area contributed by atoms with Gasteiger partial charge in [-0.3, -0.25) is 9.59 Å². The molecule has 1 fully saturated rings. The Bertz CT molecular complexity index is 1010. The summed E-state index contributed by atoms with van der Waals surface area (Å²) < 4.78 is 5.73. The summed E-state index contributed by atoms with van der Waals surface area (Å²) in [6, 6.07) is 12.5. The number of aliphatic hydroxyl groups excluding tert-OH is 1. The number of ketones is 1. The Morgan fingerprint density at radius 3 is 2.56 bits per heavy atom. The van der Waals surface area contributed by atoms with Gasteiger partial charge in [-0.25, -0.2) is 0 Å². The second-order valence-electron chi connectivity index (χ2n) is 8.12. The van der Waals surface area contributed by atoms with E-state index in [1.54, 1.807) is 36.4 Å². The third kappa shape index (κ3) is 5.11. The van der Waals surface area contributed by atoms with E-state index in [2.05, 4.69) is 6.92 Å². The van der Waals surface area contributed by atoms with Gasteiger partial charge in [0.25, 0.3) is 11.7 Å². The summed E-state index contributed by atoms with van der Waals surface area (Å²) >= 11 is 0. The summed E-state index contributed by atoms with van der Waals surface area (Å²) in [5.41, 5.74) is 0.958. The molecule has 1 saturated heterocycles. The Balaban J connectivity index is 2.06. The lowest BCUT2D eigenvalue weighted by molar-refractivity contribution is -0.140. The van der Waals surface area contributed by atoms with Crippen molar-refractivity contribution in [3.05, 3.63) is 65.2 Å². The zero-order valence-electron chi connectivity index (χ0n) is 18.7. The molecule has 0 aliphatic carbocycles. The SMILES string of the molecule is CCCCOc1cccc(C(O)=C2C(=O)C(=O)N(CCN(C)C)C2c2cccc(O)c2)c1. The lowest BCUT2D eigenvalue weighted by Crippen LogP contribution is -2.35. The van der Waals surface area contributed by atoms with E-state index in [1.807, 2.05) is 19.0 Å². The fraction of sp³-hybridized carbons (Fsp3) is 0.360. The number of aliphatic hydroxyl groups is 1. The summed E-state index contributed by atoms with van der Waals surface area (Å²) in [6.07, 6.45) is 1.91. The van der Waals surface area contributed by atoms with Crippen LogP contribution in [0.1, 0.15) is 36.9 Å². The molecule has 1 aliphatic heterocycles. The molecule has 2 N–H and O–H groups in total. The van der Waals surface area contributed by atoms with E-state index in [4.69, 9.17) is 4.74 Å². The molecule has 1 aliphatic rings. The Hall–Kier alpha value is -3.32. The molecule has 0 spiro atoms. The Morgan fingerprint density at radius 2 is 1.88 bits per heavy atom. The number of nitrogens with zero attached hydrogens (tertiary/aromatic N) is 2. The Kier molecular flexibility index (Phi) is 7.53. The van der Waals surface area contributed by atoms with E-state index in [1.165, 1.54) is 17.0 Å². The molecular formula is C25H30N2O5. The van der Waals surface area contributed by atoms with Gasteiger partial charge in [-0.05, 0) is 50.3 Å². The number of phenolic OH excluding ortho intramolecular Hbond substituents is 1. The topological polar surface area (TPSA) is 90.3 Å². The molecule has 1 unspecified atom stereocenters. The summed E-state index contributed by atoms with van der Waals surface area (Å²) in [7, 11) is 3.76. The van der Waals surface area contributed by atoms with Crippen LogP contribution in [0.15, 0.2) is 54.1 Å². The van der Waals surface area contributed by atoms with Crippen LogP contribution < -0.4 is 4.74 Å². The summed E-state index contributed by atoms with van der Waals surface area (Å²) in [5.74, 6) is -1.07. The van der Waals surface area contributed by atoms with E-state index in [-0.39, 0.29) is 17.1 Å². The second kappa shape index (κ2) is 10.3. The summed E-state index contributed by atoms with van der Waals surface area (Å²) in [6.45, 7) is 3.47. The first-order valence-corrected chi connectivity index (χ1v) is 10.8. The van der Waals surface area contributed by atoms with Crippen LogP contribution in [-0.2, 0) is 9.59 Å². The van der Waals surface area contributed by atoms with E-state index in [9.17, 15) is 19.8 Å². The summed E-state index contributed by atoms with van der Waals surface area (Å²) in [4.78, 5) is 29.3. The number of benzene rings is 2. The van der Waals surface area contributed by atoms with Crippen molar-refractivity contribution in [3.63, 3.8) is 0 Å². The van der Waals surface area contributed by atoms with Gasteiger partial charge in [-0.1, -0.05) is 37.6 Å². The van der Waals surface area contributed by atoms with Gasteiger partial charge < -0.3 is 24.7 Å². The number of likely N-dealkylation sites (tertiary alicyclic amines) is 1. The van der Waals surface area contributed by atoms with Crippen molar-refractivity contribution in [3.8, 4) is 11.5 Å². The first kappa shape index (κ1) is 23.3. The Labute approximate surface area is 188 Å². The monoisotopic (exact) mass is 438 g/mol. The van der Waals surface area contributed by atoms with Crippen LogP contribution in [0.25, 0.3) is 5.76 Å². The number of rotatable bonds is 9. The second-order valence-corrected chi connectivity index (χ2v) is 8.12. The molecule has 0 saturated carbocycles. The maximum Gasteiger partial charge on any atom is 0.295 e. The highest BCUT2D eigenvalue weighted by Gasteiger charge is 2.46. The number of hydrogen-bond donors (Lipinski definition) is 2. The van der Waals surface area contributed by atoms with Crippen molar-refractivity contribution < 1.29 is 24.5 Å². The molecule has 0 aromatic heterocycles. The fourth-order valence-electron chi connectivity index (χ4n) is 3.68. The highest BCUT2D eigenvalue weighted by atomic mass is 16.5. The number of ether oxygens (including phenoxy) is 1. The molecule has 2 aromatic rings. The number of phenols is 1. The van der Waals surface area contributed by atoms with Crippen LogP contribution in [0.3, 0.4) is 0 Å². The number of Topliss-reactive ketones (excluding diaryl/α,β-unsaturated/α-hetero) is 1. The number of carbonyl (C=O) groups is 2. The van der Waals surface area contributed by atoms with Crippen LogP contribution in [0.4, 0.5) is 0 Å². The number of amides is 1. The molecule has 32 heavy (non-hydrogen) atoms. The predicted octanol–water partition coefficient (Wildman–Crippen LogP) is 3.55. The number of aromatic hydroxyl groups is 1. The maximum atomic E-state index is 13.0. The highest BCUT2D eigenvalue weighted by Crippen LogP contribution is 2.40. The largest absolute Gasteiger partial charge is 0.508 e. The van der Waals surface area contributed by atoms with Crippen molar-refractivity contribution in [1.82, 2.24) is 9.80 Å². The number of unbranched alkanes of at least 4 members (excludes halogenated alkanes) is 1.